The van der Waals surface area contributed by atoms with E-state index in [1.807, 2.05) is 17.5 Å². The second kappa shape index (κ2) is 3.80. The Morgan fingerprint density at radius 1 is 1.06 bits per heavy atom. The third-order valence-electron chi connectivity index (χ3n) is 2.77. The zero-order valence-electron chi connectivity index (χ0n) is 8.64. The van der Waals surface area contributed by atoms with Crippen LogP contribution in [0, 0.1) is 0 Å². The SMILES string of the molecule is O=C1C=CSc2c(ccc3ccccc23)C1. The smallest absolute Gasteiger partial charge is 0.160 e. The van der Waals surface area contributed by atoms with Crippen molar-refractivity contribution in [1.82, 2.24) is 0 Å². The van der Waals surface area contributed by atoms with Crippen LogP contribution in [0.25, 0.3) is 10.8 Å². The summed E-state index contributed by atoms with van der Waals surface area (Å²) in [6.07, 6.45) is 2.18. The maximum Gasteiger partial charge on any atom is 0.160 e. The normalized spacial score (nSPS) is 14.9. The quantitative estimate of drug-likeness (QED) is 0.683. The van der Waals surface area contributed by atoms with Crippen LogP contribution in [-0.4, -0.2) is 5.78 Å². The average molecular weight is 226 g/mol. The lowest BCUT2D eigenvalue weighted by Gasteiger charge is -2.08. The summed E-state index contributed by atoms with van der Waals surface area (Å²) >= 11 is 1.64. The number of benzene rings is 2. The van der Waals surface area contributed by atoms with E-state index in [2.05, 4.69) is 24.3 Å². The van der Waals surface area contributed by atoms with Gasteiger partial charge in [0.15, 0.2) is 5.78 Å². The molecule has 0 saturated heterocycles. The van der Waals surface area contributed by atoms with Crippen LogP contribution in [0.4, 0.5) is 0 Å². The summed E-state index contributed by atoms with van der Waals surface area (Å²) in [5.74, 6) is 0.182. The molecule has 0 bridgehead atoms. The van der Waals surface area contributed by atoms with E-state index >= 15 is 0 Å². The molecule has 0 spiro atoms. The summed E-state index contributed by atoms with van der Waals surface area (Å²) in [5, 5.41) is 4.36. The Bertz CT molecular complexity index is 599. The molecule has 0 amide bonds. The number of carbonyl (C=O) groups is 1. The van der Waals surface area contributed by atoms with Gasteiger partial charge in [0.05, 0.1) is 0 Å². The Balaban J connectivity index is 2.30. The molecule has 0 unspecified atom stereocenters. The number of allylic oxidation sites excluding steroid dienone is 1. The van der Waals surface area contributed by atoms with E-state index in [0.717, 1.165) is 5.56 Å². The second-order valence-electron chi connectivity index (χ2n) is 3.84. The summed E-state index contributed by atoms with van der Waals surface area (Å²) in [5.41, 5.74) is 1.14. The Labute approximate surface area is 98.2 Å². The van der Waals surface area contributed by atoms with Gasteiger partial charge in [0.2, 0.25) is 0 Å². The predicted octanol–water partition coefficient (Wildman–Crippen LogP) is 3.57. The summed E-state index contributed by atoms with van der Waals surface area (Å²) in [4.78, 5) is 12.7. The minimum atomic E-state index is 0.182. The molecular weight excluding hydrogens is 216 g/mol. The zero-order chi connectivity index (χ0) is 11.0. The van der Waals surface area contributed by atoms with Crippen molar-refractivity contribution in [3.05, 3.63) is 53.4 Å². The molecule has 1 aliphatic rings. The van der Waals surface area contributed by atoms with Crippen LogP contribution >= 0.6 is 11.8 Å². The van der Waals surface area contributed by atoms with Crippen LogP contribution in [-0.2, 0) is 11.2 Å². The van der Waals surface area contributed by atoms with Gasteiger partial charge >= 0.3 is 0 Å². The van der Waals surface area contributed by atoms with E-state index < -0.39 is 0 Å². The van der Waals surface area contributed by atoms with Gasteiger partial charge in [-0.05, 0) is 27.8 Å². The number of fused-ring (bicyclic) bond motifs is 3. The van der Waals surface area contributed by atoms with Gasteiger partial charge in [0, 0.05) is 11.3 Å². The maximum absolute atomic E-state index is 11.5. The van der Waals surface area contributed by atoms with Crippen LogP contribution in [0.15, 0.2) is 52.8 Å². The lowest BCUT2D eigenvalue weighted by molar-refractivity contribution is -0.114. The Kier molecular flexibility index (Phi) is 2.29. The highest BCUT2D eigenvalue weighted by atomic mass is 32.2. The fraction of sp³-hybridized carbons (Fsp3) is 0.0714. The molecule has 0 aromatic heterocycles. The summed E-state index contributed by atoms with van der Waals surface area (Å²) in [6.45, 7) is 0. The lowest BCUT2D eigenvalue weighted by atomic mass is 10.0. The van der Waals surface area contributed by atoms with Crippen molar-refractivity contribution in [2.45, 2.75) is 11.3 Å². The van der Waals surface area contributed by atoms with E-state index in [1.54, 1.807) is 17.8 Å². The van der Waals surface area contributed by atoms with Crippen LogP contribution in [0.1, 0.15) is 5.56 Å². The van der Waals surface area contributed by atoms with Gasteiger partial charge in [-0.15, -0.1) is 0 Å². The molecule has 2 aromatic carbocycles. The topological polar surface area (TPSA) is 17.1 Å². The van der Waals surface area contributed by atoms with E-state index in [4.69, 9.17) is 0 Å². The van der Waals surface area contributed by atoms with Gasteiger partial charge in [0.25, 0.3) is 0 Å². The molecule has 0 aliphatic carbocycles. The summed E-state index contributed by atoms with van der Waals surface area (Å²) in [7, 11) is 0. The molecule has 1 aliphatic heterocycles. The Hall–Kier alpha value is -1.54. The standard InChI is InChI=1S/C14H10OS/c15-12-7-8-16-14-11(9-12)6-5-10-3-1-2-4-13(10)14/h1-8H,9H2. The van der Waals surface area contributed by atoms with Crippen LogP contribution in [0.5, 0.6) is 0 Å². The molecule has 2 aromatic rings. The van der Waals surface area contributed by atoms with Gasteiger partial charge in [-0.3, -0.25) is 4.79 Å². The first-order valence-electron chi connectivity index (χ1n) is 5.21. The molecule has 0 fully saturated rings. The van der Waals surface area contributed by atoms with Crippen molar-refractivity contribution in [3.8, 4) is 0 Å². The molecule has 0 N–H and O–H groups in total. The van der Waals surface area contributed by atoms with Crippen LogP contribution in [0.2, 0.25) is 0 Å². The molecule has 3 rings (SSSR count). The zero-order valence-corrected chi connectivity index (χ0v) is 9.46. The summed E-state index contributed by atoms with van der Waals surface area (Å²) < 4.78 is 0. The lowest BCUT2D eigenvalue weighted by Crippen LogP contribution is -1.97. The number of carbonyl (C=O) groups excluding carboxylic acids is 1. The second-order valence-corrected chi connectivity index (χ2v) is 4.75. The number of rotatable bonds is 0. The van der Waals surface area contributed by atoms with Gasteiger partial charge in [0.1, 0.15) is 0 Å². The first-order valence-corrected chi connectivity index (χ1v) is 6.09. The van der Waals surface area contributed by atoms with Gasteiger partial charge in [-0.1, -0.05) is 48.2 Å². The van der Waals surface area contributed by atoms with E-state index in [1.165, 1.54) is 15.7 Å². The average Bonchev–Trinajstić information content (AvgIpc) is 2.50. The minimum absolute atomic E-state index is 0.182. The van der Waals surface area contributed by atoms with Crippen molar-refractivity contribution in [2.75, 3.05) is 0 Å². The number of thioether (sulfide) groups is 1. The molecule has 1 heterocycles. The fourth-order valence-electron chi connectivity index (χ4n) is 1.99. The van der Waals surface area contributed by atoms with Gasteiger partial charge in [-0.25, -0.2) is 0 Å². The molecular formula is C14H10OS. The van der Waals surface area contributed by atoms with Gasteiger partial charge < -0.3 is 0 Å². The minimum Gasteiger partial charge on any atom is -0.294 e. The van der Waals surface area contributed by atoms with Crippen molar-refractivity contribution in [2.24, 2.45) is 0 Å². The molecule has 0 saturated carbocycles. The number of hydrogen-bond donors (Lipinski definition) is 0. The van der Waals surface area contributed by atoms with Crippen molar-refractivity contribution < 1.29 is 4.79 Å². The van der Waals surface area contributed by atoms with Crippen LogP contribution in [0.3, 0.4) is 0 Å². The maximum atomic E-state index is 11.5. The van der Waals surface area contributed by atoms with Crippen molar-refractivity contribution in [3.63, 3.8) is 0 Å². The first-order chi connectivity index (χ1) is 7.84. The Morgan fingerprint density at radius 2 is 1.94 bits per heavy atom. The fourth-order valence-corrected chi connectivity index (χ4v) is 2.95. The number of ketones is 1. The number of hydrogen-bond acceptors (Lipinski definition) is 2. The van der Waals surface area contributed by atoms with Crippen LogP contribution < -0.4 is 0 Å². The molecule has 2 heteroatoms. The molecule has 0 radical (unpaired) electrons. The molecule has 78 valence electrons. The van der Waals surface area contributed by atoms with E-state index in [-0.39, 0.29) is 5.78 Å². The third-order valence-corrected chi connectivity index (χ3v) is 3.76. The van der Waals surface area contributed by atoms with E-state index in [9.17, 15) is 4.79 Å². The highest BCUT2D eigenvalue weighted by Gasteiger charge is 2.12. The molecule has 0 atom stereocenters. The largest absolute Gasteiger partial charge is 0.294 e. The first kappa shape index (κ1) is 9.67. The van der Waals surface area contributed by atoms with Gasteiger partial charge in [-0.2, -0.15) is 0 Å². The monoisotopic (exact) mass is 226 g/mol. The van der Waals surface area contributed by atoms with E-state index in [0.29, 0.717) is 6.42 Å². The highest BCUT2D eigenvalue weighted by Crippen LogP contribution is 2.34. The molecule has 1 nitrogen and oxygen atoms in total. The van der Waals surface area contributed by atoms with Crippen molar-refractivity contribution in [1.29, 1.82) is 0 Å². The summed E-state index contributed by atoms with van der Waals surface area (Å²) in [6, 6.07) is 12.5. The molecule has 16 heavy (non-hydrogen) atoms. The third kappa shape index (κ3) is 1.55. The predicted molar refractivity (Wildman–Crippen MR) is 67.7 cm³/mol. The highest BCUT2D eigenvalue weighted by molar-refractivity contribution is 8.02. The van der Waals surface area contributed by atoms with Crippen molar-refractivity contribution >= 4 is 28.3 Å². The Morgan fingerprint density at radius 3 is 2.88 bits per heavy atom.